The Kier molecular flexibility index (Phi) is 12.4. The molecule has 6 aliphatic rings. The summed E-state index contributed by atoms with van der Waals surface area (Å²) in [5.74, 6) is -1.75. The molecule has 12 heteroatoms. The highest BCUT2D eigenvalue weighted by Gasteiger charge is 2.85. The highest BCUT2D eigenvalue weighted by molar-refractivity contribution is 5.96. The second-order valence-corrected chi connectivity index (χ2v) is 19.9. The van der Waals surface area contributed by atoms with E-state index in [0.717, 1.165) is 90.1 Å². The van der Waals surface area contributed by atoms with Crippen molar-refractivity contribution in [3.05, 3.63) is 0 Å². The molecule has 12 nitrogen and oxygen atoms in total. The summed E-state index contributed by atoms with van der Waals surface area (Å²) in [6.45, 7) is 17.4. The van der Waals surface area contributed by atoms with Gasteiger partial charge in [0.2, 0.25) is 23.6 Å². The van der Waals surface area contributed by atoms with Gasteiger partial charge in [0.25, 0.3) is 5.91 Å². The zero-order chi connectivity index (χ0) is 39.9. The molecule has 1 unspecified atom stereocenters. The highest BCUT2D eigenvalue weighted by atomic mass is 16.3. The monoisotopic (exact) mass is 769 g/mol. The van der Waals surface area contributed by atoms with Gasteiger partial charge in [0, 0.05) is 24.5 Å². The number of rotatable bonds is 14. The summed E-state index contributed by atoms with van der Waals surface area (Å²) in [7, 11) is 0. The largest absolute Gasteiger partial charge is 0.381 e. The van der Waals surface area contributed by atoms with Crippen LogP contribution in [0.3, 0.4) is 0 Å². The molecular formula is C43H72N6O6. The summed E-state index contributed by atoms with van der Waals surface area (Å²) >= 11 is 0. The summed E-state index contributed by atoms with van der Waals surface area (Å²) in [4.78, 5) is 74.9. The fourth-order valence-corrected chi connectivity index (χ4v) is 11.4. The van der Waals surface area contributed by atoms with Crippen LogP contribution in [-0.2, 0) is 24.0 Å². The van der Waals surface area contributed by atoms with Crippen molar-refractivity contribution in [3.63, 3.8) is 0 Å². The Hall–Kier alpha value is -2.73. The third-order valence-electron chi connectivity index (χ3n) is 15.3. The number of aliphatic hydroxyl groups is 1. The van der Waals surface area contributed by atoms with Crippen molar-refractivity contribution in [2.75, 3.05) is 26.2 Å². The molecule has 0 aromatic rings. The second kappa shape index (κ2) is 16.3. The molecule has 4 saturated carbocycles. The zero-order valence-corrected chi connectivity index (χ0v) is 34.9. The van der Waals surface area contributed by atoms with E-state index in [-0.39, 0.29) is 57.8 Å². The molecule has 2 saturated heterocycles. The zero-order valence-electron chi connectivity index (χ0n) is 34.9. The molecular weight excluding hydrogens is 697 g/mol. The number of aliphatic hydroxyl groups excluding tert-OH is 1. The van der Waals surface area contributed by atoms with E-state index in [1.54, 1.807) is 4.90 Å². The lowest BCUT2D eigenvalue weighted by Crippen LogP contribution is -2.62. The van der Waals surface area contributed by atoms with Crippen molar-refractivity contribution in [1.29, 1.82) is 0 Å². The Balaban J connectivity index is 1.24. The molecule has 55 heavy (non-hydrogen) atoms. The summed E-state index contributed by atoms with van der Waals surface area (Å²) in [5.41, 5.74) is -0.953. The quantitative estimate of drug-likeness (QED) is 0.179. The standard InChI is InChI=1S/C43H72N6O6/c1-8-15-30(33(50)38(54)44-29-19-20-29)45-36(52)31-24-43(41(6,7)42(43)21-14-22-42)26-49(31)39(55)34(40(3,4)5)47-37(53)32(27-16-11-10-12-17-27)46-35(51)28-18-13-23-48(9-2)25-28/h27-34,50H,8-26H2,1-7H3,(H,44,54)(H,45,52)(H,46,51)(H,47,53)/t28-,30+,31+,32+,33?,34-,43-/m1/s1. The number of carbonyl (C=O) groups is 5. The summed E-state index contributed by atoms with van der Waals surface area (Å²) in [6, 6.07) is -3.22. The average molecular weight is 769 g/mol. The molecule has 6 fully saturated rings. The van der Waals surface area contributed by atoms with E-state index in [0.29, 0.717) is 32.4 Å². The number of hydrogen-bond acceptors (Lipinski definition) is 7. The smallest absolute Gasteiger partial charge is 0.251 e. The Labute approximate surface area is 329 Å². The van der Waals surface area contributed by atoms with Crippen LogP contribution in [0.25, 0.3) is 0 Å². The van der Waals surface area contributed by atoms with Gasteiger partial charge in [-0.3, -0.25) is 24.0 Å². The van der Waals surface area contributed by atoms with Gasteiger partial charge in [-0.2, -0.15) is 0 Å². The molecule has 6 rings (SSSR count). The Bertz CT molecular complexity index is 1450. The molecule has 0 radical (unpaired) electrons. The van der Waals surface area contributed by atoms with Crippen LogP contribution in [-0.4, -0.2) is 107 Å². The van der Waals surface area contributed by atoms with Crippen LogP contribution < -0.4 is 21.3 Å². The normalized spacial score (nSPS) is 29.8. The first kappa shape index (κ1) is 41.9. The summed E-state index contributed by atoms with van der Waals surface area (Å²) < 4.78 is 0. The van der Waals surface area contributed by atoms with Crippen molar-refractivity contribution >= 4 is 29.5 Å². The Morgan fingerprint density at radius 1 is 0.818 bits per heavy atom. The summed E-state index contributed by atoms with van der Waals surface area (Å²) in [5, 5.41) is 23.4. The minimum atomic E-state index is -1.40. The number of carbonyl (C=O) groups excluding carboxylic acids is 5. The topological polar surface area (TPSA) is 160 Å². The summed E-state index contributed by atoms with van der Waals surface area (Å²) in [6.07, 6.45) is 11.7. The molecule has 5 N–H and O–H groups in total. The maximum absolute atomic E-state index is 15.1. The molecule has 4 aliphatic carbocycles. The molecule has 2 heterocycles. The van der Waals surface area contributed by atoms with Crippen molar-refractivity contribution in [2.45, 2.75) is 181 Å². The predicted octanol–water partition coefficient (Wildman–Crippen LogP) is 4.04. The van der Waals surface area contributed by atoms with Gasteiger partial charge in [-0.05, 0) is 99.5 Å². The maximum atomic E-state index is 15.1. The van der Waals surface area contributed by atoms with Crippen LogP contribution >= 0.6 is 0 Å². The van der Waals surface area contributed by atoms with Gasteiger partial charge in [-0.15, -0.1) is 0 Å². The number of fused-ring (bicyclic) bond motifs is 1. The SMILES string of the molecule is CCC[C@H](NC(=O)[C@@H]1C[C@@]2(CN1C(=O)[C@@H](NC(=O)[C@@H](NC(=O)[C@@H]1CCCN(CC)C1)C1CCCCC1)C(C)(C)C)C(C)(C)C21CCC1)C(O)C(=O)NC1CC1. The molecule has 0 aromatic carbocycles. The van der Waals surface area contributed by atoms with Gasteiger partial charge >= 0.3 is 0 Å². The van der Waals surface area contributed by atoms with E-state index < -0.39 is 41.6 Å². The van der Waals surface area contributed by atoms with E-state index in [4.69, 9.17) is 0 Å². The number of nitrogens with zero attached hydrogens (tertiary/aromatic N) is 2. The molecule has 310 valence electrons. The first-order chi connectivity index (χ1) is 26.0. The van der Waals surface area contributed by atoms with Gasteiger partial charge in [0.05, 0.1) is 12.0 Å². The van der Waals surface area contributed by atoms with Crippen molar-refractivity contribution in [1.82, 2.24) is 31.1 Å². The molecule has 2 spiro atoms. The van der Waals surface area contributed by atoms with Gasteiger partial charge in [-0.1, -0.05) is 80.6 Å². The van der Waals surface area contributed by atoms with Crippen LogP contribution in [0, 0.1) is 33.5 Å². The number of piperidine rings is 1. The molecule has 0 bridgehead atoms. The van der Waals surface area contributed by atoms with Crippen molar-refractivity contribution < 1.29 is 29.1 Å². The first-order valence-electron chi connectivity index (χ1n) is 21.9. The van der Waals surface area contributed by atoms with Gasteiger partial charge in [0.15, 0.2) is 6.10 Å². The van der Waals surface area contributed by atoms with E-state index in [2.05, 4.69) is 46.9 Å². The highest BCUT2D eigenvalue weighted by Crippen LogP contribution is 2.88. The average Bonchev–Trinajstić information content (AvgIpc) is 3.96. The molecule has 7 atom stereocenters. The van der Waals surface area contributed by atoms with E-state index in [1.165, 1.54) is 0 Å². The molecule has 2 aliphatic heterocycles. The predicted molar refractivity (Wildman–Crippen MR) is 211 cm³/mol. The van der Waals surface area contributed by atoms with Gasteiger partial charge in [0.1, 0.15) is 18.1 Å². The lowest BCUT2D eigenvalue weighted by Gasteiger charge is -2.38. The molecule has 5 amide bonds. The minimum absolute atomic E-state index is 0.0161. The van der Waals surface area contributed by atoms with E-state index in [9.17, 15) is 24.3 Å². The lowest BCUT2D eigenvalue weighted by molar-refractivity contribution is -0.145. The van der Waals surface area contributed by atoms with Crippen molar-refractivity contribution in [3.8, 4) is 0 Å². The number of nitrogens with one attached hydrogen (secondary N) is 4. The minimum Gasteiger partial charge on any atom is -0.381 e. The van der Waals surface area contributed by atoms with Crippen LogP contribution in [0.1, 0.15) is 145 Å². The van der Waals surface area contributed by atoms with Crippen LogP contribution in [0.15, 0.2) is 0 Å². The first-order valence-corrected chi connectivity index (χ1v) is 21.9. The number of likely N-dealkylation sites (tertiary alicyclic amines) is 2. The third-order valence-corrected chi connectivity index (χ3v) is 15.3. The lowest BCUT2D eigenvalue weighted by atomic mass is 9.73. The van der Waals surface area contributed by atoms with Gasteiger partial charge in [-0.25, -0.2) is 0 Å². The van der Waals surface area contributed by atoms with E-state index >= 15 is 4.79 Å². The van der Waals surface area contributed by atoms with Crippen molar-refractivity contribution in [2.24, 2.45) is 33.5 Å². The number of hydrogen-bond donors (Lipinski definition) is 5. The fraction of sp³-hybridized carbons (Fsp3) is 0.884. The Morgan fingerprint density at radius 2 is 1.51 bits per heavy atom. The van der Waals surface area contributed by atoms with E-state index in [1.807, 2.05) is 27.7 Å². The second-order valence-electron chi connectivity index (χ2n) is 19.9. The molecule has 0 aromatic heterocycles. The van der Waals surface area contributed by atoms with Crippen LogP contribution in [0.5, 0.6) is 0 Å². The van der Waals surface area contributed by atoms with Crippen LogP contribution in [0.4, 0.5) is 0 Å². The van der Waals surface area contributed by atoms with Crippen LogP contribution in [0.2, 0.25) is 0 Å². The third kappa shape index (κ3) is 8.06. The fourth-order valence-electron chi connectivity index (χ4n) is 11.4. The number of amides is 5. The maximum Gasteiger partial charge on any atom is 0.251 e. The Morgan fingerprint density at radius 3 is 2.07 bits per heavy atom. The van der Waals surface area contributed by atoms with Gasteiger partial charge < -0.3 is 36.2 Å².